The molecule has 0 aromatic heterocycles. The molecule has 0 bridgehead atoms. The minimum atomic E-state index is -0.902. The fourth-order valence-electron chi connectivity index (χ4n) is 3.01. The number of ether oxygens (including phenoxy) is 2. The van der Waals surface area contributed by atoms with Gasteiger partial charge >= 0.3 is 12.2 Å². The molecule has 0 spiro atoms. The van der Waals surface area contributed by atoms with E-state index in [1.807, 2.05) is 0 Å². The normalized spacial score (nSPS) is 15.8. The number of cyclic esters (lactones) is 1. The Kier molecular flexibility index (Phi) is 8.63. The lowest BCUT2D eigenvalue weighted by molar-refractivity contribution is 0.122. The molecule has 0 aliphatic carbocycles. The Morgan fingerprint density at radius 1 is 1.39 bits per heavy atom. The molecule has 1 aromatic carbocycles. The molecule has 1 aromatic rings. The summed E-state index contributed by atoms with van der Waals surface area (Å²) in [5.74, 6) is 3.86. The van der Waals surface area contributed by atoms with Crippen molar-refractivity contribution in [2.24, 2.45) is 17.3 Å². The summed E-state index contributed by atoms with van der Waals surface area (Å²) >= 11 is 0. The van der Waals surface area contributed by atoms with Gasteiger partial charge in [-0.2, -0.15) is 0 Å². The van der Waals surface area contributed by atoms with Gasteiger partial charge in [0, 0.05) is 50.7 Å². The molecular weight excluding hydrogens is 416 g/mol. The average molecular weight is 443 g/mol. The van der Waals surface area contributed by atoms with Crippen LogP contribution in [0, 0.1) is 11.6 Å². The summed E-state index contributed by atoms with van der Waals surface area (Å²) < 4.78 is 38.9. The number of hydrogen-bond donors (Lipinski definition) is 4. The lowest BCUT2D eigenvalue weighted by atomic mass is 10.2. The van der Waals surface area contributed by atoms with Crippen molar-refractivity contribution in [3.8, 4) is 0 Å². The Hall–Kier alpha value is -3.32. The molecule has 1 saturated heterocycles. The first-order valence-corrected chi connectivity index (χ1v) is 9.44. The number of amides is 2. The zero-order valence-electron chi connectivity index (χ0n) is 17.1. The van der Waals surface area contributed by atoms with E-state index in [2.05, 4.69) is 10.1 Å². The van der Waals surface area contributed by atoms with E-state index >= 15 is 0 Å². The van der Waals surface area contributed by atoms with Gasteiger partial charge in [-0.05, 0) is 0 Å². The number of nitrogens with one attached hydrogen (secondary N) is 1. The largest absolute Gasteiger partial charge is 0.453 e. The quantitative estimate of drug-likeness (QED) is 0.296. The highest BCUT2D eigenvalue weighted by Crippen LogP contribution is 2.28. The Labute approximate surface area is 178 Å². The van der Waals surface area contributed by atoms with Crippen molar-refractivity contribution < 1.29 is 27.8 Å². The van der Waals surface area contributed by atoms with Crippen molar-refractivity contribution in [3.63, 3.8) is 0 Å². The third-order valence-corrected chi connectivity index (χ3v) is 4.42. The Balaban J connectivity index is 2.03. The molecule has 11 nitrogen and oxygen atoms in total. The fourth-order valence-corrected chi connectivity index (χ4v) is 3.01. The van der Waals surface area contributed by atoms with Gasteiger partial charge in [0.05, 0.1) is 25.9 Å². The first-order valence-electron chi connectivity index (χ1n) is 9.44. The van der Waals surface area contributed by atoms with Crippen molar-refractivity contribution in [1.82, 2.24) is 9.91 Å². The molecule has 1 atom stereocenters. The Morgan fingerprint density at radius 2 is 2.06 bits per heavy atom. The van der Waals surface area contributed by atoms with Crippen molar-refractivity contribution >= 4 is 23.6 Å². The molecule has 1 unspecified atom stereocenters. The molecule has 0 saturated carbocycles. The standard InChI is InChI=1S/C18H27F2N7O4/c1-30-17(28)25(5-2-21)7-4-24-16-14(19)8-12(9-15(16)20)27-11-13(31-18(27)29)10-26(23)6-3-22/h3,6,8-9,13,24H,2,4-5,7,10-11,21-23H2,1H3. The van der Waals surface area contributed by atoms with Crippen LogP contribution in [0.2, 0.25) is 0 Å². The Bertz CT molecular complexity index is 788. The number of benzene rings is 1. The van der Waals surface area contributed by atoms with E-state index in [1.165, 1.54) is 29.4 Å². The van der Waals surface area contributed by atoms with Crippen LogP contribution in [0.5, 0.6) is 0 Å². The molecule has 7 N–H and O–H groups in total. The maximum atomic E-state index is 14.5. The first-order chi connectivity index (χ1) is 14.8. The zero-order chi connectivity index (χ0) is 23.0. The van der Waals surface area contributed by atoms with Gasteiger partial charge in [0.2, 0.25) is 0 Å². The second kappa shape index (κ2) is 11.2. The molecule has 172 valence electrons. The van der Waals surface area contributed by atoms with Crippen molar-refractivity contribution in [2.45, 2.75) is 6.10 Å². The summed E-state index contributed by atoms with van der Waals surface area (Å²) in [4.78, 5) is 26.2. The number of rotatable bonds is 10. The van der Waals surface area contributed by atoms with Gasteiger partial charge in [-0.25, -0.2) is 24.2 Å². The van der Waals surface area contributed by atoms with Crippen LogP contribution in [0.1, 0.15) is 0 Å². The molecule has 13 heteroatoms. The van der Waals surface area contributed by atoms with Crippen LogP contribution in [-0.4, -0.2) is 74.6 Å². The van der Waals surface area contributed by atoms with E-state index < -0.39 is 29.9 Å². The van der Waals surface area contributed by atoms with Crippen molar-refractivity contribution in [1.29, 1.82) is 0 Å². The van der Waals surface area contributed by atoms with E-state index in [0.717, 1.165) is 17.0 Å². The summed E-state index contributed by atoms with van der Waals surface area (Å²) in [5, 5.41) is 3.84. The summed E-state index contributed by atoms with van der Waals surface area (Å²) in [5.41, 5.74) is 10.3. The van der Waals surface area contributed by atoms with Gasteiger partial charge < -0.3 is 36.2 Å². The molecule has 1 fully saturated rings. The van der Waals surface area contributed by atoms with Crippen LogP contribution in [0.3, 0.4) is 0 Å². The number of hydrazine groups is 1. The maximum Gasteiger partial charge on any atom is 0.414 e. The number of nitrogens with two attached hydrogens (primary N) is 3. The molecule has 31 heavy (non-hydrogen) atoms. The van der Waals surface area contributed by atoms with E-state index in [4.69, 9.17) is 22.0 Å². The van der Waals surface area contributed by atoms with Gasteiger partial charge in [0.15, 0.2) is 11.6 Å². The Morgan fingerprint density at radius 3 is 2.65 bits per heavy atom. The third kappa shape index (κ3) is 6.33. The summed E-state index contributed by atoms with van der Waals surface area (Å²) in [6, 6.07) is 2.04. The van der Waals surface area contributed by atoms with Gasteiger partial charge in [0.1, 0.15) is 11.8 Å². The van der Waals surface area contributed by atoms with Gasteiger partial charge in [0.25, 0.3) is 0 Å². The van der Waals surface area contributed by atoms with Gasteiger partial charge in [-0.1, -0.05) is 0 Å². The lowest BCUT2D eigenvalue weighted by Crippen LogP contribution is -2.38. The number of carbonyl (C=O) groups is 2. The van der Waals surface area contributed by atoms with Crippen LogP contribution in [-0.2, 0) is 9.47 Å². The monoisotopic (exact) mass is 443 g/mol. The summed E-state index contributed by atoms with van der Waals surface area (Å²) in [6.45, 7) is 0.833. The van der Waals surface area contributed by atoms with E-state index in [0.29, 0.717) is 0 Å². The van der Waals surface area contributed by atoms with E-state index in [9.17, 15) is 18.4 Å². The molecule has 0 radical (unpaired) electrons. The predicted molar refractivity (Wildman–Crippen MR) is 110 cm³/mol. The maximum absolute atomic E-state index is 14.5. The van der Waals surface area contributed by atoms with Crippen molar-refractivity contribution in [3.05, 3.63) is 36.2 Å². The summed E-state index contributed by atoms with van der Waals surface area (Å²) in [7, 11) is 1.23. The minimum absolute atomic E-state index is 0.00491. The van der Waals surface area contributed by atoms with Crippen LogP contribution in [0.15, 0.2) is 24.5 Å². The molecular formula is C18H27F2N7O4. The average Bonchev–Trinajstić information content (AvgIpc) is 3.08. The number of anilines is 2. The minimum Gasteiger partial charge on any atom is -0.453 e. The fraction of sp³-hybridized carbons (Fsp3) is 0.444. The van der Waals surface area contributed by atoms with Crippen LogP contribution >= 0.6 is 0 Å². The zero-order valence-corrected chi connectivity index (χ0v) is 17.1. The highest BCUT2D eigenvalue weighted by molar-refractivity contribution is 5.90. The van der Waals surface area contributed by atoms with Crippen LogP contribution in [0.25, 0.3) is 0 Å². The van der Waals surface area contributed by atoms with Crippen LogP contribution in [0.4, 0.5) is 29.7 Å². The number of hydrogen-bond acceptors (Lipinski definition) is 9. The predicted octanol–water partition coefficient (Wildman–Crippen LogP) is 0.335. The smallest absolute Gasteiger partial charge is 0.414 e. The topological polar surface area (TPSA) is 152 Å². The highest BCUT2D eigenvalue weighted by Gasteiger charge is 2.34. The third-order valence-electron chi connectivity index (χ3n) is 4.42. The molecule has 2 amide bonds. The number of nitrogens with zero attached hydrogens (tertiary/aromatic N) is 3. The van der Waals surface area contributed by atoms with E-state index in [-0.39, 0.29) is 50.6 Å². The molecule has 1 aliphatic heterocycles. The van der Waals surface area contributed by atoms with Gasteiger partial charge in [-0.15, -0.1) is 0 Å². The van der Waals surface area contributed by atoms with Crippen LogP contribution < -0.4 is 27.5 Å². The highest BCUT2D eigenvalue weighted by atomic mass is 19.1. The number of methoxy groups -OCH3 is 1. The summed E-state index contributed by atoms with van der Waals surface area (Å²) in [6.07, 6.45) is 0.676. The molecule has 2 rings (SSSR count). The second-order valence-corrected chi connectivity index (χ2v) is 6.61. The number of halogens is 2. The molecule has 1 aliphatic rings. The lowest BCUT2D eigenvalue weighted by Gasteiger charge is -2.21. The SMILES string of the molecule is COC(=O)N(CCN)CCNc1c(F)cc(N2CC(CN(N)C=CN)OC2=O)cc1F. The van der Waals surface area contributed by atoms with E-state index in [1.54, 1.807) is 0 Å². The van der Waals surface area contributed by atoms with Gasteiger partial charge in [-0.3, -0.25) is 4.90 Å². The van der Waals surface area contributed by atoms with Crippen molar-refractivity contribution in [2.75, 3.05) is 56.6 Å². The number of carbonyl (C=O) groups excluding carboxylic acids is 2. The second-order valence-electron chi connectivity index (χ2n) is 6.61. The molecule has 1 heterocycles. The first kappa shape index (κ1) is 24.0.